The third kappa shape index (κ3) is 3.20. The second kappa shape index (κ2) is 6.55. The minimum Gasteiger partial charge on any atom is -0.379 e. The van der Waals surface area contributed by atoms with Crippen molar-refractivity contribution in [2.45, 2.75) is 26.4 Å². The van der Waals surface area contributed by atoms with Gasteiger partial charge in [-0.15, -0.1) is 5.10 Å². The predicted molar refractivity (Wildman–Crippen MR) is 98.5 cm³/mol. The van der Waals surface area contributed by atoms with Crippen LogP contribution in [0.25, 0.3) is 0 Å². The number of hydrogen-bond donors (Lipinski definition) is 1. The molecule has 1 aliphatic heterocycles. The molecule has 25 heavy (non-hydrogen) atoms. The molecule has 0 atom stereocenters. The predicted octanol–water partition coefficient (Wildman–Crippen LogP) is 2.69. The molecule has 1 aromatic carbocycles. The van der Waals surface area contributed by atoms with E-state index in [4.69, 9.17) is 0 Å². The van der Waals surface area contributed by atoms with Crippen molar-refractivity contribution < 1.29 is 0 Å². The van der Waals surface area contributed by atoms with E-state index in [0.29, 0.717) is 0 Å². The molecule has 4 rings (SSSR count). The minimum absolute atomic E-state index is 0.778. The number of nitrogens with one attached hydrogen (secondary N) is 1. The maximum atomic E-state index is 4.33. The van der Waals surface area contributed by atoms with Crippen molar-refractivity contribution in [1.29, 1.82) is 0 Å². The number of aryl methyl sites for hydroxylation is 2. The van der Waals surface area contributed by atoms with Gasteiger partial charge in [0.1, 0.15) is 0 Å². The second-order valence-corrected chi connectivity index (χ2v) is 6.50. The largest absolute Gasteiger partial charge is 0.379 e. The maximum Gasteiger partial charge on any atom is 0.151 e. The van der Waals surface area contributed by atoms with Crippen LogP contribution in [0.5, 0.6) is 0 Å². The normalized spacial score (nSPS) is 13.6. The van der Waals surface area contributed by atoms with Gasteiger partial charge < -0.3 is 14.8 Å². The summed E-state index contributed by atoms with van der Waals surface area (Å²) >= 11 is 0. The van der Waals surface area contributed by atoms with Gasteiger partial charge in [0.05, 0.1) is 24.3 Å². The van der Waals surface area contributed by atoms with Gasteiger partial charge in [0, 0.05) is 32.0 Å². The van der Waals surface area contributed by atoms with E-state index in [0.717, 1.165) is 37.6 Å². The molecule has 6 heteroatoms. The first-order valence-electron chi connectivity index (χ1n) is 8.56. The molecule has 0 bridgehead atoms. The highest BCUT2D eigenvalue weighted by Gasteiger charge is 2.20. The molecular formula is C19H22N6. The van der Waals surface area contributed by atoms with Crippen LogP contribution >= 0.6 is 0 Å². The van der Waals surface area contributed by atoms with Gasteiger partial charge in [-0.25, -0.2) is 4.98 Å². The van der Waals surface area contributed by atoms with E-state index in [1.807, 2.05) is 37.1 Å². The maximum absolute atomic E-state index is 4.33. The third-order valence-corrected chi connectivity index (χ3v) is 4.75. The van der Waals surface area contributed by atoms with E-state index in [1.165, 1.54) is 22.5 Å². The summed E-state index contributed by atoms with van der Waals surface area (Å²) in [5.41, 5.74) is 6.09. The quantitative estimate of drug-likeness (QED) is 0.795. The van der Waals surface area contributed by atoms with Gasteiger partial charge in [-0.2, -0.15) is 5.10 Å². The fourth-order valence-corrected chi connectivity index (χ4v) is 3.27. The lowest BCUT2D eigenvalue weighted by molar-refractivity contribution is 0.711. The Morgan fingerprint density at radius 3 is 2.84 bits per heavy atom. The molecule has 128 valence electrons. The Hall–Kier alpha value is -2.89. The first-order valence-corrected chi connectivity index (χ1v) is 8.56. The van der Waals surface area contributed by atoms with Crippen LogP contribution in [0.1, 0.15) is 22.5 Å². The summed E-state index contributed by atoms with van der Waals surface area (Å²) in [6.45, 7) is 4.56. The lowest BCUT2D eigenvalue weighted by atomic mass is 9.97. The van der Waals surface area contributed by atoms with Crippen LogP contribution in [0.3, 0.4) is 0 Å². The Bertz CT molecular complexity index is 868. The molecule has 0 fully saturated rings. The average molecular weight is 334 g/mol. The lowest BCUT2D eigenvalue weighted by Gasteiger charge is -2.30. The van der Waals surface area contributed by atoms with Crippen molar-refractivity contribution in [3.8, 4) is 0 Å². The van der Waals surface area contributed by atoms with Crippen molar-refractivity contribution in [2.75, 3.05) is 16.8 Å². The van der Waals surface area contributed by atoms with Crippen molar-refractivity contribution in [1.82, 2.24) is 19.7 Å². The van der Waals surface area contributed by atoms with Gasteiger partial charge in [-0.05, 0) is 42.7 Å². The molecule has 0 unspecified atom stereocenters. The van der Waals surface area contributed by atoms with Gasteiger partial charge >= 0.3 is 0 Å². The molecule has 0 spiro atoms. The van der Waals surface area contributed by atoms with Crippen LogP contribution in [-0.2, 0) is 26.6 Å². The molecule has 1 aliphatic rings. The van der Waals surface area contributed by atoms with Crippen LogP contribution in [0, 0.1) is 6.92 Å². The van der Waals surface area contributed by atoms with E-state index in [2.05, 4.69) is 49.7 Å². The summed E-state index contributed by atoms with van der Waals surface area (Å²) in [5, 5.41) is 12.1. The van der Waals surface area contributed by atoms with Crippen molar-refractivity contribution >= 4 is 11.5 Å². The molecular weight excluding hydrogens is 312 g/mol. The monoisotopic (exact) mass is 334 g/mol. The summed E-state index contributed by atoms with van der Waals surface area (Å²) in [6.07, 6.45) is 4.73. The van der Waals surface area contributed by atoms with E-state index >= 15 is 0 Å². The minimum atomic E-state index is 0.778. The van der Waals surface area contributed by atoms with Crippen LogP contribution < -0.4 is 10.2 Å². The Morgan fingerprint density at radius 1 is 1.16 bits per heavy atom. The summed E-state index contributed by atoms with van der Waals surface area (Å²) < 4.78 is 2.04. The first kappa shape index (κ1) is 15.6. The van der Waals surface area contributed by atoms with E-state index in [1.54, 1.807) is 0 Å². The number of fused-ring (bicyclic) bond motifs is 1. The molecule has 3 aromatic rings. The van der Waals surface area contributed by atoms with Crippen LogP contribution in [0.4, 0.5) is 11.5 Å². The SMILES string of the molecule is Cc1ccc(N2CCc3c(cccc3NCc3cncn3C)C2)nn1. The molecule has 6 nitrogen and oxygen atoms in total. The van der Waals surface area contributed by atoms with Crippen molar-refractivity contribution in [3.05, 3.63) is 65.4 Å². The molecule has 0 amide bonds. The molecule has 0 saturated carbocycles. The fraction of sp³-hybridized carbons (Fsp3) is 0.316. The first-order chi connectivity index (χ1) is 12.2. The Balaban J connectivity index is 1.52. The zero-order valence-electron chi connectivity index (χ0n) is 14.6. The van der Waals surface area contributed by atoms with Gasteiger partial charge in [0.2, 0.25) is 0 Å². The highest BCUT2D eigenvalue weighted by Crippen LogP contribution is 2.28. The van der Waals surface area contributed by atoms with Gasteiger partial charge in [-0.3, -0.25) is 0 Å². The summed E-state index contributed by atoms with van der Waals surface area (Å²) in [6, 6.07) is 10.6. The summed E-state index contributed by atoms with van der Waals surface area (Å²) in [7, 11) is 2.02. The van der Waals surface area contributed by atoms with Crippen LogP contribution in [0.15, 0.2) is 42.9 Å². The highest BCUT2D eigenvalue weighted by molar-refractivity contribution is 5.58. The number of aromatic nitrogens is 4. The highest BCUT2D eigenvalue weighted by atomic mass is 15.3. The number of nitrogens with zero attached hydrogens (tertiary/aromatic N) is 5. The zero-order valence-corrected chi connectivity index (χ0v) is 14.6. The van der Waals surface area contributed by atoms with Crippen LogP contribution in [-0.4, -0.2) is 26.3 Å². The van der Waals surface area contributed by atoms with E-state index < -0.39 is 0 Å². The number of anilines is 2. The van der Waals surface area contributed by atoms with Crippen LogP contribution in [0.2, 0.25) is 0 Å². The van der Waals surface area contributed by atoms with Crippen molar-refractivity contribution in [2.24, 2.45) is 7.05 Å². The number of hydrogen-bond acceptors (Lipinski definition) is 5. The van der Waals surface area contributed by atoms with Gasteiger partial charge in [0.15, 0.2) is 5.82 Å². The zero-order chi connectivity index (χ0) is 17.2. The number of imidazole rings is 1. The molecule has 3 heterocycles. The average Bonchev–Trinajstić information content (AvgIpc) is 3.05. The molecule has 1 N–H and O–H groups in total. The molecule has 0 aliphatic carbocycles. The van der Waals surface area contributed by atoms with E-state index in [-0.39, 0.29) is 0 Å². The summed E-state index contributed by atoms with van der Waals surface area (Å²) in [5.74, 6) is 0.949. The summed E-state index contributed by atoms with van der Waals surface area (Å²) in [4.78, 5) is 6.47. The molecule has 0 radical (unpaired) electrons. The lowest BCUT2D eigenvalue weighted by Crippen LogP contribution is -2.31. The van der Waals surface area contributed by atoms with Crippen molar-refractivity contribution in [3.63, 3.8) is 0 Å². The third-order valence-electron chi connectivity index (χ3n) is 4.75. The molecule has 0 saturated heterocycles. The van der Waals surface area contributed by atoms with Gasteiger partial charge in [-0.1, -0.05) is 12.1 Å². The Morgan fingerprint density at radius 2 is 2.08 bits per heavy atom. The fourth-order valence-electron chi connectivity index (χ4n) is 3.27. The Kier molecular flexibility index (Phi) is 4.09. The van der Waals surface area contributed by atoms with E-state index in [9.17, 15) is 0 Å². The number of benzene rings is 1. The van der Waals surface area contributed by atoms with Gasteiger partial charge in [0.25, 0.3) is 0 Å². The second-order valence-electron chi connectivity index (χ2n) is 6.50. The molecule has 2 aromatic heterocycles. The topological polar surface area (TPSA) is 58.9 Å². The Labute approximate surface area is 147 Å². The number of rotatable bonds is 4. The standard InChI is InChI=1S/C19H22N6/c1-14-6-7-19(23-22-14)25-9-8-17-15(12-25)4-3-5-18(17)21-11-16-10-20-13-24(16)2/h3-7,10,13,21H,8-9,11-12H2,1-2H3. The smallest absolute Gasteiger partial charge is 0.151 e.